The summed E-state index contributed by atoms with van der Waals surface area (Å²) in [6, 6.07) is 10.2. The van der Waals surface area contributed by atoms with Crippen molar-refractivity contribution < 1.29 is 0 Å². The number of halogens is 1. The minimum Gasteiger partial charge on any atom is -0.236 e. The molecule has 0 spiro atoms. The Bertz CT molecular complexity index is 570. The Kier molecular flexibility index (Phi) is 3.07. The summed E-state index contributed by atoms with van der Waals surface area (Å²) in [5.41, 5.74) is 3.02. The predicted molar refractivity (Wildman–Crippen MR) is 65.4 cm³/mol. The number of aromatic nitrogens is 1. The van der Waals surface area contributed by atoms with E-state index in [2.05, 4.69) is 11.1 Å². The molecule has 80 valence electrons. The molecule has 0 aliphatic heterocycles. The van der Waals surface area contributed by atoms with Gasteiger partial charge in [0.05, 0.1) is 11.6 Å². The molecule has 0 bridgehead atoms. The van der Waals surface area contributed by atoms with Gasteiger partial charge in [0.2, 0.25) is 0 Å². The van der Waals surface area contributed by atoms with E-state index >= 15 is 0 Å². The van der Waals surface area contributed by atoms with Crippen LogP contribution in [-0.4, -0.2) is 4.98 Å². The van der Waals surface area contributed by atoms with Crippen LogP contribution in [0.25, 0.3) is 10.9 Å². The van der Waals surface area contributed by atoms with Gasteiger partial charge in [0.25, 0.3) is 0 Å². The van der Waals surface area contributed by atoms with Crippen LogP contribution in [0.1, 0.15) is 17.5 Å². The lowest BCUT2D eigenvalue weighted by molar-refractivity contribution is 1.00. The van der Waals surface area contributed by atoms with E-state index in [4.69, 9.17) is 16.9 Å². The standard InChI is InChI=1S/C13H11ClN2/c1-9-4-5-10-8-11(3-2-6-15)13(14)16-12(10)7-9/h4-5,7-8H,2-3H2,1H3. The lowest BCUT2D eigenvalue weighted by atomic mass is 10.1. The molecule has 1 aromatic heterocycles. The average Bonchev–Trinajstić information content (AvgIpc) is 2.26. The number of benzene rings is 1. The summed E-state index contributed by atoms with van der Waals surface area (Å²) >= 11 is 6.07. The molecule has 0 radical (unpaired) electrons. The first kappa shape index (κ1) is 10.9. The first-order valence-electron chi connectivity index (χ1n) is 5.13. The molecule has 0 saturated carbocycles. The van der Waals surface area contributed by atoms with Crippen molar-refractivity contribution in [2.24, 2.45) is 0 Å². The van der Waals surface area contributed by atoms with Crippen molar-refractivity contribution in [1.29, 1.82) is 5.26 Å². The molecule has 3 heteroatoms. The summed E-state index contributed by atoms with van der Waals surface area (Å²) in [4.78, 5) is 4.35. The number of fused-ring (bicyclic) bond motifs is 1. The Hall–Kier alpha value is -1.59. The Balaban J connectivity index is 2.50. The van der Waals surface area contributed by atoms with Gasteiger partial charge in [0.1, 0.15) is 5.15 Å². The zero-order valence-corrected chi connectivity index (χ0v) is 9.75. The molecule has 0 aliphatic rings. The molecule has 16 heavy (non-hydrogen) atoms. The van der Waals surface area contributed by atoms with Crippen molar-refractivity contribution >= 4 is 22.5 Å². The number of hydrogen-bond donors (Lipinski definition) is 0. The van der Waals surface area contributed by atoms with Gasteiger partial charge in [-0.3, -0.25) is 0 Å². The number of hydrogen-bond acceptors (Lipinski definition) is 2. The molecule has 1 heterocycles. The van der Waals surface area contributed by atoms with Gasteiger partial charge in [-0.1, -0.05) is 23.7 Å². The first-order chi connectivity index (χ1) is 7.70. The number of nitrogens with zero attached hydrogens (tertiary/aromatic N) is 2. The monoisotopic (exact) mass is 230 g/mol. The van der Waals surface area contributed by atoms with E-state index in [0.29, 0.717) is 18.0 Å². The van der Waals surface area contributed by atoms with Crippen LogP contribution in [0.4, 0.5) is 0 Å². The highest BCUT2D eigenvalue weighted by molar-refractivity contribution is 6.30. The molecule has 2 rings (SSSR count). The van der Waals surface area contributed by atoms with Crippen molar-refractivity contribution in [2.45, 2.75) is 19.8 Å². The first-order valence-corrected chi connectivity index (χ1v) is 5.51. The van der Waals surface area contributed by atoms with Crippen molar-refractivity contribution in [3.8, 4) is 6.07 Å². The summed E-state index contributed by atoms with van der Waals surface area (Å²) < 4.78 is 0. The van der Waals surface area contributed by atoms with Gasteiger partial charge in [-0.15, -0.1) is 0 Å². The fraction of sp³-hybridized carbons (Fsp3) is 0.231. The van der Waals surface area contributed by atoms with Crippen LogP contribution in [0.3, 0.4) is 0 Å². The van der Waals surface area contributed by atoms with Gasteiger partial charge in [-0.25, -0.2) is 4.98 Å². The maximum absolute atomic E-state index is 8.55. The smallest absolute Gasteiger partial charge is 0.133 e. The summed E-state index contributed by atoms with van der Waals surface area (Å²) in [5.74, 6) is 0. The van der Waals surface area contributed by atoms with E-state index in [1.807, 2.05) is 31.2 Å². The molecule has 2 nitrogen and oxygen atoms in total. The van der Waals surface area contributed by atoms with E-state index in [-0.39, 0.29) is 0 Å². The van der Waals surface area contributed by atoms with Crippen LogP contribution in [0.2, 0.25) is 5.15 Å². The van der Waals surface area contributed by atoms with Gasteiger partial charge in [0.15, 0.2) is 0 Å². The quantitative estimate of drug-likeness (QED) is 0.739. The molecule has 0 atom stereocenters. The summed E-state index contributed by atoms with van der Waals surface area (Å²) in [5, 5.41) is 10.1. The Morgan fingerprint density at radius 1 is 1.38 bits per heavy atom. The predicted octanol–water partition coefficient (Wildman–Crippen LogP) is 3.65. The maximum Gasteiger partial charge on any atom is 0.133 e. The van der Waals surface area contributed by atoms with Crippen LogP contribution in [0, 0.1) is 18.3 Å². The van der Waals surface area contributed by atoms with Gasteiger partial charge in [0, 0.05) is 11.8 Å². The normalized spacial score (nSPS) is 10.3. The summed E-state index contributed by atoms with van der Waals surface area (Å²) in [6.45, 7) is 2.03. The second-order valence-corrected chi connectivity index (χ2v) is 4.15. The second kappa shape index (κ2) is 4.51. The molecule has 0 aliphatic carbocycles. The SMILES string of the molecule is Cc1ccc2cc(CCC#N)c(Cl)nc2c1. The lowest BCUT2D eigenvalue weighted by Gasteiger charge is -2.04. The molecule has 0 amide bonds. The number of rotatable bonds is 2. The van der Waals surface area contributed by atoms with Crippen molar-refractivity contribution in [3.63, 3.8) is 0 Å². The minimum absolute atomic E-state index is 0.471. The Morgan fingerprint density at radius 3 is 2.94 bits per heavy atom. The van der Waals surface area contributed by atoms with Gasteiger partial charge in [-0.05, 0) is 36.6 Å². The third-order valence-corrected chi connectivity index (χ3v) is 2.83. The van der Waals surface area contributed by atoms with Gasteiger partial charge < -0.3 is 0 Å². The Morgan fingerprint density at radius 2 is 2.19 bits per heavy atom. The van der Waals surface area contributed by atoms with Crippen molar-refractivity contribution in [1.82, 2.24) is 4.98 Å². The van der Waals surface area contributed by atoms with Crippen molar-refractivity contribution in [3.05, 3.63) is 40.5 Å². The number of aryl methyl sites for hydroxylation is 2. The van der Waals surface area contributed by atoms with E-state index in [1.165, 1.54) is 5.56 Å². The third-order valence-electron chi connectivity index (χ3n) is 2.51. The molecular formula is C13H11ClN2. The van der Waals surface area contributed by atoms with Gasteiger partial charge >= 0.3 is 0 Å². The topological polar surface area (TPSA) is 36.7 Å². The zero-order chi connectivity index (χ0) is 11.5. The van der Waals surface area contributed by atoms with Gasteiger partial charge in [-0.2, -0.15) is 5.26 Å². The average molecular weight is 231 g/mol. The molecule has 2 aromatic rings. The number of nitriles is 1. The highest BCUT2D eigenvalue weighted by Gasteiger charge is 2.04. The van der Waals surface area contributed by atoms with E-state index < -0.39 is 0 Å². The molecule has 0 unspecified atom stereocenters. The molecule has 0 saturated heterocycles. The van der Waals surface area contributed by atoms with Crippen LogP contribution in [-0.2, 0) is 6.42 Å². The fourth-order valence-corrected chi connectivity index (χ4v) is 1.90. The van der Waals surface area contributed by atoms with E-state index in [9.17, 15) is 0 Å². The summed E-state index contributed by atoms with van der Waals surface area (Å²) in [7, 11) is 0. The third kappa shape index (κ3) is 2.15. The van der Waals surface area contributed by atoms with Crippen LogP contribution in [0.5, 0.6) is 0 Å². The summed E-state index contributed by atoms with van der Waals surface area (Å²) in [6.07, 6.45) is 1.13. The zero-order valence-electron chi connectivity index (χ0n) is 9.00. The highest BCUT2D eigenvalue weighted by Crippen LogP contribution is 2.22. The number of pyridine rings is 1. The largest absolute Gasteiger partial charge is 0.236 e. The maximum atomic E-state index is 8.55. The molecular weight excluding hydrogens is 220 g/mol. The van der Waals surface area contributed by atoms with E-state index in [1.54, 1.807) is 0 Å². The second-order valence-electron chi connectivity index (χ2n) is 3.79. The van der Waals surface area contributed by atoms with Crippen LogP contribution in [0.15, 0.2) is 24.3 Å². The fourth-order valence-electron chi connectivity index (χ4n) is 1.66. The Labute approximate surface area is 99.5 Å². The molecule has 0 fully saturated rings. The van der Waals surface area contributed by atoms with Crippen LogP contribution >= 0.6 is 11.6 Å². The molecule has 0 N–H and O–H groups in total. The minimum atomic E-state index is 0.471. The van der Waals surface area contributed by atoms with Crippen molar-refractivity contribution in [2.75, 3.05) is 0 Å². The van der Waals surface area contributed by atoms with E-state index in [0.717, 1.165) is 16.5 Å². The lowest BCUT2D eigenvalue weighted by Crippen LogP contribution is -1.90. The molecule has 1 aromatic carbocycles. The highest BCUT2D eigenvalue weighted by atomic mass is 35.5. The van der Waals surface area contributed by atoms with Crippen LogP contribution < -0.4 is 0 Å².